The Hall–Kier alpha value is -0.910. The summed E-state index contributed by atoms with van der Waals surface area (Å²) in [5.41, 5.74) is 4.09. The molecule has 0 spiro atoms. The van der Waals surface area contributed by atoms with E-state index in [1.165, 1.54) is 22.9 Å². The molecular weight excluding hydrogens is 284 g/mol. The Bertz CT molecular complexity index is 564. The third-order valence-corrected chi connectivity index (χ3v) is 4.95. The predicted molar refractivity (Wildman–Crippen MR) is 86.8 cm³/mol. The molecule has 0 radical (unpaired) electrons. The van der Waals surface area contributed by atoms with Crippen LogP contribution in [0.2, 0.25) is 0 Å². The molecule has 1 aromatic carbocycles. The molecule has 1 atom stereocenters. The monoisotopic (exact) mass is 310 g/mol. The van der Waals surface area contributed by atoms with Gasteiger partial charge in [0.25, 0.3) is 0 Å². The maximum Gasteiger partial charge on any atom is 0.208 e. The first-order chi connectivity index (χ1) is 9.85. The topological polar surface area (TPSA) is 49.4 Å². The fourth-order valence-corrected chi connectivity index (χ4v) is 3.59. The average Bonchev–Trinajstić information content (AvgIpc) is 2.41. The van der Waals surface area contributed by atoms with Crippen LogP contribution in [-0.2, 0) is 16.6 Å². The van der Waals surface area contributed by atoms with Crippen LogP contribution in [-0.4, -0.2) is 39.2 Å². The zero-order chi connectivity index (χ0) is 15.5. The van der Waals surface area contributed by atoms with Crippen LogP contribution in [0.15, 0.2) is 18.2 Å². The maximum absolute atomic E-state index is 11.2. The lowest BCUT2D eigenvalue weighted by Crippen LogP contribution is -2.40. The van der Waals surface area contributed by atoms with E-state index in [2.05, 4.69) is 41.7 Å². The minimum atomic E-state index is -3.08. The smallest absolute Gasteiger partial charge is 0.208 e. The van der Waals surface area contributed by atoms with E-state index in [9.17, 15) is 8.42 Å². The van der Waals surface area contributed by atoms with Gasteiger partial charge in [-0.1, -0.05) is 18.2 Å². The van der Waals surface area contributed by atoms with Gasteiger partial charge in [-0.05, 0) is 55.8 Å². The lowest BCUT2D eigenvalue weighted by atomic mass is 9.96. The maximum atomic E-state index is 11.2. The van der Waals surface area contributed by atoms with Gasteiger partial charge in [-0.3, -0.25) is 4.90 Å². The molecule has 0 aliphatic carbocycles. The number of likely N-dealkylation sites (tertiary alicyclic amines) is 1. The van der Waals surface area contributed by atoms with Crippen LogP contribution in [0.1, 0.15) is 29.5 Å². The Morgan fingerprint density at radius 1 is 1.29 bits per heavy atom. The van der Waals surface area contributed by atoms with Crippen LogP contribution in [0.3, 0.4) is 0 Å². The zero-order valence-electron chi connectivity index (χ0n) is 13.2. The molecule has 5 heteroatoms. The second-order valence-corrected chi connectivity index (χ2v) is 8.07. The molecule has 0 amide bonds. The van der Waals surface area contributed by atoms with Crippen LogP contribution in [0, 0.1) is 19.8 Å². The number of rotatable bonds is 5. The number of hydrogen-bond acceptors (Lipinski definition) is 3. The number of hydrogen-bond donors (Lipinski definition) is 1. The van der Waals surface area contributed by atoms with E-state index < -0.39 is 10.0 Å². The highest BCUT2D eigenvalue weighted by Crippen LogP contribution is 2.21. The predicted octanol–water partition coefficient (Wildman–Crippen LogP) is 2.06. The fraction of sp³-hybridized carbons (Fsp3) is 0.625. The van der Waals surface area contributed by atoms with Crippen molar-refractivity contribution in [2.75, 3.05) is 25.9 Å². The van der Waals surface area contributed by atoms with Gasteiger partial charge >= 0.3 is 0 Å². The SMILES string of the molecule is Cc1cccc(C)c1CN1CCC[C@H](CNS(C)(=O)=O)C1. The van der Waals surface area contributed by atoms with Crippen molar-refractivity contribution in [3.05, 3.63) is 34.9 Å². The molecule has 1 saturated heterocycles. The van der Waals surface area contributed by atoms with Crippen LogP contribution in [0.5, 0.6) is 0 Å². The molecular formula is C16H26N2O2S. The summed E-state index contributed by atoms with van der Waals surface area (Å²) in [6.45, 7) is 7.92. The number of benzene rings is 1. The van der Waals surface area contributed by atoms with E-state index >= 15 is 0 Å². The number of aryl methyl sites for hydroxylation is 2. The molecule has 0 unspecified atom stereocenters. The summed E-state index contributed by atoms with van der Waals surface area (Å²) < 4.78 is 25.1. The van der Waals surface area contributed by atoms with Crippen molar-refractivity contribution in [1.82, 2.24) is 9.62 Å². The highest BCUT2D eigenvalue weighted by Gasteiger charge is 2.21. The van der Waals surface area contributed by atoms with E-state index in [-0.39, 0.29) is 0 Å². The zero-order valence-corrected chi connectivity index (χ0v) is 14.0. The third kappa shape index (κ3) is 5.09. The Kier molecular flexibility index (Phi) is 5.41. The summed E-state index contributed by atoms with van der Waals surface area (Å²) in [6, 6.07) is 6.42. The Labute approximate surface area is 128 Å². The van der Waals surface area contributed by atoms with Gasteiger partial charge in [0.2, 0.25) is 10.0 Å². The summed E-state index contributed by atoms with van der Waals surface area (Å²) in [5, 5.41) is 0. The molecule has 1 heterocycles. The minimum Gasteiger partial charge on any atom is -0.299 e. The number of sulfonamides is 1. The Morgan fingerprint density at radius 3 is 2.57 bits per heavy atom. The molecule has 118 valence electrons. The van der Waals surface area contributed by atoms with Crippen molar-refractivity contribution >= 4 is 10.0 Å². The van der Waals surface area contributed by atoms with E-state index in [4.69, 9.17) is 0 Å². The van der Waals surface area contributed by atoms with Crippen molar-refractivity contribution in [3.8, 4) is 0 Å². The summed E-state index contributed by atoms with van der Waals surface area (Å²) in [6.07, 6.45) is 3.47. The molecule has 1 N–H and O–H groups in total. The van der Waals surface area contributed by atoms with Gasteiger partial charge in [-0.2, -0.15) is 0 Å². The van der Waals surface area contributed by atoms with Gasteiger partial charge in [0.15, 0.2) is 0 Å². The molecule has 2 rings (SSSR count). The molecule has 1 aromatic rings. The normalized spacial score (nSPS) is 20.6. The number of nitrogens with zero attached hydrogens (tertiary/aromatic N) is 1. The largest absolute Gasteiger partial charge is 0.299 e. The van der Waals surface area contributed by atoms with Crippen LogP contribution in [0.4, 0.5) is 0 Å². The van der Waals surface area contributed by atoms with E-state index in [1.807, 2.05) is 0 Å². The molecule has 0 aromatic heterocycles. The van der Waals surface area contributed by atoms with Crippen LogP contribution in [0.25, 0.3) is 0 Å². The quantitative estimate of drug-likeness (QED) is 0.906. The van der Waals surface area contributed by atoms with Crippen molar-refractivity contribution in [2.45, 2.75) is 33.2 Å². The average molecular weight is 310 g/mol. The van der Waals surface area contributed by atoms with Crippen molar-refractivity contribution in [1.29, 1.82) is 0 Å². The summed E-state index contributed by atoms with van der Waals surface area (Å²) >= 11 is 0. The summed E-state index contributed by atoms with van der Waals surface area (Å²) in [7, 11) is -3.08. The van der Waals surface area contributed by atoms with Crippen molar-refractivity contribution < 1.29 is 8.42 Å². The molecule has 1 fully saturated rings. The molecule has 1 aliphatic heterocycles. The van der Waals surface area contributed by atoms with E-state index in [0.29, 0.717) is 12.5 Å². The lowest BCUT2D eigenvalue weighted by Gasteiger charge is -2.33. The van der Waals surface area contributed by atoms with Gasteiger partial charge in [-0.25, -0.2) is 13.1 Å². The van der Waals surface area contributed by atoms with Gasteiger partial charge < -0.3 is 0 Å². The Morgan fingerprint density at radius 2 is 1.95 bits per heavy atom. The molecule has 0 saturated carbocycles. The second kappa shape index (κ2) is 6.90. The van der Waals surface area contributed by atoms with Gasteiger partial charge in [0.1, 0.15) is 0 Å². The van der Waals surface area contributed by atoms with Gasteiger partial charge in [0.05, 0.1) is 6.26 Å². The highest BCUT2D eigenvalue weighted by atomic mass is 32.2. The molecule has 21 heavy (non-hydrogen) atoms. The Balaban J connectivity index is 1.95. The molecule has 1 aliphatic rings. The van der Waals surface area contributed by atoms with Crippen LogP contribution >= 0.6 is 0 Å². The van der Waals surface area contributed by atoms with Crippen LogP contribution < -0.4 is 4.72 Å². The number of nitrogens with one attached hydrogen (secondary N) is 1. The highest BCUT2D eigenvalue weighted by molar-refractivity contribution is 7.88. The standard InChI is InChI=1S/C16H26N2O2S/c1-13-6-4-7-14(2)16(13)12-18-9-5-8-15(11-18)10-17-21(3,19)20/h4,6-7,15,17H,5,8-12H2,1-3H3/t15-/m1/s1. The fourth-order valence-electron chi connectivity index (χ4n) is 3.05. The lowest BCUT2D eigenvalue weighted by molar-refractivity contribution is 0.168. The van der Waals surface area contributed by atoms with Gasteiger partial charge in [0, 0.05) is 19.6 Å². The summed E-state index contributed by atoms with van der Waals surface area (Å²) in [5.74, 6) is 0.415. The van der Waals surface area contributed by atoms with E-state index in [1.54, 1.807) is 0 Å². The second-order valence-electron chi connectivity index (χ2n) is 6.23. The first kappa shape index (κ1) is 16.5. The minimum absolute atomic E-state index is 0.415. The first-order valence-electron chi connectivity index (χ1n) is 7.57. The van der Waals surface area contributed by atoms with Gasteiger partial charge in [-0.15, -0.1) is 0 Å². The first-order valence-corrected chi connectivity index (χ1v) is 9.46. The van der Waals surface area contributed by atoms with Crippen molar-refractivity contribution in [3.63, 3.8) is 0 Å². The molecule has 4 nitrogen and oxygen atoms in total. The summed E-state index contributed by atoms with van der Waals surface area (Å²) in [4.78, 5) is 2.45. The molecule has 0 bridgehead atoms. The number of piperidine rings is 1. The third-order valence-electron chi connectivity index (χ3n) is 4.26. The van der Waals surface area contributed by atoms with Crippen molar-refractivity contribution in [2.24, 2.45) is 5.92 Å². The van der Waals surface area contributed by atoms with E-state index in [0.717, 1.165) is 32.5 Å².